The molecule has 0 atom stereocenters. The molecule has 0 saturated carbocycles. The first-order valence-electron chi connectivity index (χ1n) is 7.60. The van der Waals surface area contributed by atoms with Crippen molar-refractivity contribution in [2.45, 2.75) is 39.2 Å². The summed E-state index contributed by atoms with van der Waals surface area (Å²) in [5.74, 6) is -2.88. The van der Waals surface area contributed by atoms with E-state index in [1.165, 1.54) is 12.8 Å². The highest BCUT2D eigenvalue weighted by atomic mass is 19.3. The molecule has 1 N–H and O–H groups in total. The number of aromatic nitrogens is 3. The first-order valence-corrected chi connectivity index (χ1v) is 7.60. The van der Waals surface area contributed by atoms with Crippen LogP contribution in [0.4, 0.5) is 20.6 Å². The number of rotatable bonds is 5. The van der Waals surface area contributed by atoms with Crippen LogP contribution >= 0.6 is 0 Å². The summed E-state index contributed by atoms with van der Waals surface area (Å²) < 4.78 is 31.1. The Morgan fingerprint density at radius 1 is 1.26 bits per heavy atom. The summed E-state index contributed by atoms with van der Waals surface area (Å²) in [6.07, 6.45) is 2.36. The molecular formula is C15H19F2N5O. The van der Waals surface area contributed by atoms with Crippen LogP contribution < -0.4 is 10.2 Å². The van der Waals surface area contributed by atoms with Gasteiger partial charge < -0.3 is 14.6 Å². The SMILES string of the molecule is Cc1cc(CNc2nnc(C(C)(F)F)o2)cc(N2CCCC2)n1. The Morgan fingerprint density at radius 2 is 2.00 bits per heavy atom. The van der Waals surface area contributed by atoms with Crippen LogP contribution in [0.15, 0.2) is 16.5 Å². The molecule has 3 rings (SSSR count). The minimum Gasteiger partial charge on any atom is -0.402 e. The summed E-state index contributed by atoms with van der Waals surface area (Å²) in [6.45, 7) is 5.09. The average molecular weight is 323 g/mol. The smallest absolute Gasteiger partial charge is 0.321 e. The number of nitrogens with one attached hydrogen (secondary N) is 1. The van der Waals surface area contributed by atoms with Crippen LogP contribution in [0.3, 0.4) is 0 Å². The van der Waals surface area contributed by atoms with Crippen LogP contribution in [0.5, 0.6) is 0 Å². The van der Waals surface area contributed by atoms with Crippen molar-refractivity contribution in [3.05, 3.63) is 29.3 Å². The Morgan fingerprint density at radius 3 is 2.65 bits per heavy atom. The van der Waals surface area contributed by atoms with Gasteiger partial charge in [-0.05, 0) is 37.5 Å². The molecule has 0 aliphatic carbocycles. The molecule has 0 aromatic carbocycles. The van der Waals surface area contributed by atoms with Crippen LogP contribution in [0.2, 0.25) is 0 Å². The third kappa shape index (κ3) is 3.75. The zero-order valence-electron chi connectivity index (χ0n) is 13.1. The summed E-state index contributed by atoms with van der Waals surface area (Å²) in [6, 6.07) is 3.92. The lowest BCUT2D eigenvalue weighted by molar-refractivity contribution is -0.0104. The van der Waals surface area contributed by atoms with Crippen LogP contribution in [-0.4, -0.2) is 28.3 Å². The molecule has 1 aliphatic heterocycles. The van der Waals surface area contributed by atoms with Crippen LogP contribution in [-0.2, 0) is 12.5 Å². The van der Waals surface area contributed by atoms with Gasteiger partial charge in [-0.3, -0.25) is 0 Å². The Hall–Kier alpha value is -2.25. The molecule has 3 heterocycles. The number of anilines is 2. The summed E-state index contributed by atoms with van der Waals surface area (Å²) in [5.41, 5.74) is 1.90. The Kier molecular flexibility index (Phi) is 4.14. The van der Waals surface area contributed by atoms with E-state index < -0.39 is 11.8 Å². The average Bonchev–Trinajstić information content (AvgIpc) is 3.15. The van der Waals surface area contributed by atoms with Crippen molar-refractivity contribution in [1.29, 1.82) is 0 Å². The molecule has 0 radical (unpaired) electrons. The highest BCUT2D eigenvalue weighted by Crippen LogP contribution is 2.26. The van der Waals surface area contributed by atoms with Crippen molar-refractivity contribution in [3.63, 3.8) is 0 Å². The van der Waals surface area contributed by atoms with Gasteiger partial charge in [0, 0.05) is 32.3 Å². The second-order valence-corrected chi connectivity index (χ2v) is 5.82. The first-order chi connectivity index (χ1) is 10.9. The molecule has 1 saturated heterocycles. The number of aryl methyl sites for hydroxylation is 1. The van der Waals surface area contributed by atoms with E-state index in [2.05, 4.69) is 25.4 Å². The van der Waals surface area contributed by atoms with E-state index >= 15 is 0 Å². The van der Waals surface area contributed by atoms with Crippen molar-refractivity contribution < 1.29 is 13.2 Å². The van der Waals surface area contributed by atoms with Crippen molar-refractivity contribution in [2.75, 3.05) is 23.3 Å². The van der Waals surface area contributed by atoms with E-state index in [9.17, 15) is 8.78 Å². The predicted octanol–water partition coefficient (Wildman–Crippen LogP) is 3.10. The molecule has 2 aromatic rings. The number of nitrogens with zero attached hydrogens (tertiary/aromatic N) is 4. The largest absolute Gasteiger partial charge is 0.402 e. The summed E-state index contributed by atoms with van der Waals surface area (Å²) in [4.78, 5) is 6.80. The maximum Gasteiger partial charge on any atom is 0.321 e. The molecule has 2 aromatic heterocycles. The van der Waals surface area contributed by atoms with Crippen LogP contribution in [0.1, 0.15) is 36.9 Å². The molecule has 0 spiro atoms. The number of pyridine rings is 1. The maximum atomic E-state index is 13.1. The Bertz CT molecular complexity index is 677. The van der Waals surface area contributed by atoms with E-state index in [0.29, 0.717) is 6.54 Å². The zero-order valence-corrected chi connectivity index (χ0v) is 13.1. The normalized spacial score (nSPS) is 15.2. The summed E-state index contributed by atoms with van der Waals surface area (Å²) >= 11 is 0. The molecule has 8 heteroatoms. The fourth-order valence-corrected chi connectivity index (χ4v) is 2.58. The minimum absolute atomic E-state index is 0.0151. The van der Waals surface area contributed by atoms with Gasteiger partial charge in [0.05, 0.1) is 0 Å². The third-order valence-electron chi connectivity index (χ3n) is 3.67. The first kappa shape index (κ1) is 15.6. The van der Waals surface area contributed by atoms with Gasteiger partial charge in [-0.25, -0.2) is 4.98 Å². The Balaban J connectivity index is 1.69. The van der Waals surface area contributed by atoms with Gasteiger partial charge in [0.2, 0.25) is 0 Å². The monoisotopic (exact) mass is 323 g/mol. The number of hydrogen-bond donors (Lipinski definition) is 1. The van der Waals surface area contributed by atoms with Gasteiger partial charge in [-0.2, -0.15) is 8.78 Å². The molecule has 23 heavy (non-hydrogen) atoms. The highest BCUT2D eigenvalue weighted by Gasteiger charge is 2.31. The number of halogens is 2. The molecule has 1 aliphatic rings. The summed E-state index contributed by atoms with van der Waals surface area (Å²) in [5, 5.41) is 9.81. The van der Waals surface area contributed by atoms with Crippen molar-refractivity contribution in [1.82, 2.24) is 15.2 Å². The standard InChI is InChI=1S/C15H19F2N5O/c1-10-7-11(8-12(19-10)22-5-3-4-6-22)9-18-14-21-20-13(23-14)15(2,16)17/h7-8H,3-6,9H2,1-2H3,(H,18,21). The molecule has 0 bridgehead atoms. The number of alkyl halides is 2. The molecular weight excluding hydrogens is 304 g/mol. The predicted molar refractivity (Wildman–Crippen MR) is 81.6 cm³/mol. The van der Waals surface area contributed by atoms with E-state index in [4.69, 9.17) is 4.42 Å². The van der Waals surface area contributed by atoms with Gasteiger partial charge in [-0.15, -0.1) is 5.10 Å². The van der Waals surface area contributed by atoms with Gasteiger partial charge in [0.15, 0.2) is 0 Å². The van der Waals surface area contributed by atoms with Gasteiger partial charge in [0.1, 0.15) is 5.82 Å². The highest BCUT2D eigenvalue weighted by molar-refractivity contribution is 5.44. The van der Waals surface area contributed by atoms with E-state index in [1.54, 1.807) is 0 Å². The lowest BCUT2D eigenvalue weighted by Gasteiger charge is -2.18. The second-order valence-electron chi connectivity index (χ2n) is 5.82. The maximum absolute atomic E-state index is 13.1. The van der Waals surface area contributed by atoms with Crippen LogP contribution in [0, 0.1) is 6.92 Å². The minimum atomic E-state index is -3.14. The number of hydrogen-bond acceptors (Lipinski definition) is 6. The quantitative estimate of drug-likeness (QED) is 0.912. The topological polar surface area (TPSA) is 67.1 Å². The van der Waals surface area contributed by atoms with E-state index in [0.717, 1.165) is 37.1 Å². The van der Waals surface area contributed by atoms with Crippen molar-refractivity contribution in [2.24, 2.45) is 0 Å². The van der Waals surface area contributed by atoms with Gasteiger partial charge in [0.25, 0.3) is 5.89 Å². The molecule has 1 fully saturated rings. The lowest BCUT2D eigenvalue weighted by atomic mass is 10.2. The van der Waals surface area contributed by atoms with E-state index in [-0.39, 0.29) is 6.01 Å². The zero-order chi connectivity index (χ0) is 16.4. The Labute approximate surface area is 132 Å². The van der Waals surface area contributed by atoms with Crippen LogP contribution in [0.25, 0.3) is 0 Å². The third-order valence-corrected chi connectivity index (χ3v) is 3.67. The fraction of sp³-hybridized carbons (Fsp3) is 0.533. The molecule has 124 valence electrons. The second kappa shape index (κ2) is 6.10. The molecule has 0 unspecified atom stereocenters. The fourth-order valence-electron chi connectivity index (χ4n) is 2.58. The van der Waals surface area contributed by atoms with Gasteiger partial charge >= 0.3 is 11.9 Å². The molecule has 6 nitrogen and oxygen atoms in total. The van der Waals surface area contributed by atoms with E-state index in [1.807, 2.05) is 19.1 Å². The lowest BCUT2D eigenvalue weighted by Crippen LogP contribution is -2.19. The van der Waals surface area contributed by atoms with Crippen molar-refractivity contribution in [3.8, 4) is 0 Å². The molecule has 0 amide bonds. The van der Waals surface area contributed by atoms with Crippen molar-refractivity contribution >= 4 is 11.8 Å². The van der Waals surface area contributed by atoms with Gasteiger partial charge in [-0.1, -0.05) is 5.10 Å². The summed E-state index contributed by atoms with van der Waals surface area (Å²) in [7, 11) is 0.